The van der Waals surface area contributed by atoms with Gasteiger partial charge in [-0.3, -0.25) is 14.9 Å². The monoisotopic (exact) mass is 331 g/mol. The first-order chi connectivity index (χ1) is 9.86. The summed E-state index contributed by atoms with van der Waals surface area (Å²) in [6.07, 6.45) is 2.02. The number of nitro benzene ring substituents is 1. The number of thioether (sulfide) groups is 1. The molecule has 0 radical (unpaired) electrons. The summed E-state index contributed by atoms with van der Waals surface area (Å²) in [4.78, 5) is 32.8. The van der Waals surface area contributed by atoms with E-state index in [0.29, 0.717) is 5.75 Å². The number of nitro groups is 1. The van der Waals surface area contributed by atoms with Gasteiger partial charge in [-0.15, -0.1) is 0 Å². The largest absolute Gasteiger partial charge is 0.548 e. The molecule has 7 nitrogen and oxygen atoms in total. The van der Waals surface area contributed by atoms with Gasteiger partial charge in [-0.25, -0.2) is 0 Å². The Labute approximate surface area is 129 Å². The van der Waals surface area contributed by atoms with Crippen LogP contribution in [-0.2, 0) is 4.79 Å². The number of halogens is 1. The predicted molar refractivity (Wildman–Crippen MR) is 77.4 cm³/mol. The summed E-state index contributed by atoms with van der Waals surface area (Å²) in [5.41, 5.74) is -0.284. The van der Waals surface area contributed by atoms with E-state index in [4.69, 9.17) is 11.6 Å². The number of amides is 1. The van der Waals surface area contributed by atoms with Crippen molar-refractivity contribution in [3.8, 4) is 0 Å². The van der Waals surface area contributed by atoms with Gasteiger partial charge in [0.05, 0.1) is 27.5 Å². The molecule has 0 bridgehead atoms. The standard InChI is InChI=1S/C12H13ClN2O5S/c1-21-5-4-10(12(17)18)14-11(16)8-3-2-7(15(19)20)6-9(8)13/h2-3,6,10H,4-5H2,1H3,(H,14,16)(H,17,18)/p-1/t10-/m0/s1. The zero-order chi connectivity index (χ0) is 16.0. The average molecular weight is 332 g/mol. The summed E-state index contributed by atoms with van der Waals surface area (Å²) >= 11 is 7.24. The zero-order valence-corrected chi connectivity index (χ0v) is 12.6. The molecular formula is C12H12ClN2O5S-. The van der Waals surface area contributed by atoms with Gasteiger partial charge in [0.2, 0.25) is 0 Å². The van der Waals surface area contributed by atoms with E-state index < -0.39 is 22.8 Å². The van der Waals surface area contributed by atoms with Crippen molar-refractivity contribution in [3.05, 3.63) is 38.9 Å². The molecule has 0 heterocycles. The molecule has 1 aromatic rings. The van der Waals surface area contributed by atoms with Gasteiger partial charge < -0.3 is 15.2 Å². The highest BCUT2D eigenvalue weighted by Gasteiger charge is 2.18. The predicted octanol–water partition coefficient (Wildman–Crippen LogP) is 0.850. The van der Waals surface area contributed by atoms with Gasteiger partial charge in [-0.1, -0.05) is 11.6 Å². The Balaban J connectivity index is 2.87. The number of hydrogen-bond acceptors (Lipinski definition) is 6. The van der Waals surface area contributed by atoms with Gasteiger partial charge >= 0.3 is 0 Å². The van der Waals surface area contributed by atoms with E-state index in [9.17, 15) is 24.8 Å². The first kappa shape index (κ1) is 17.3. The maximum atomic E-state index is 12.0. The van der Waals surface area contributed by atoms with Crippen molar-refractivity contribution in [2.45, 2.75) is 12.5 Å². The number of carbonyl (C=O) groups is 2. The molecule has 114 valence electrons. The number of carboxylic acid groups (broad SMARTS) is 1. The molecule has 0 unspecified atom stereocenters. The molecule has 0 saturated carbocycles. The molecule has 0 aliphatic rings. The van der Waals surface area contributed by atoms with E-state index in [1.165, 1.54) is 17.8 Å². The highest BCUT2D eigenvalue weighted by molar-refractivity contribution is 7.98. The van der Waals surface area contributed by atoms with Gasteiger partial charge in [-0.05, 0) is 24.5 Å². The third-order valence-corrected chi connectivity index (χ3v) is 3.57. The number of rotatable bonds is 7. The van der Waals surface area contributed by atoms with Crippen molar-refractivity contribution in [1.29, 1.82) is 0 Å². The number of non-ortho nitro benzene ring substituents is 1. The van der Waals surface area contributed by atoms with Crippen LogP contribution in [0.15, 0.2) is 18.2 Å². The second kappa shape index (κ2) is 7.84. The van der Waals surface area contributed by atoms with E-state index in [0.717, 1.165) is 12.1 Å². The van der Waals surface area contributed by atoms with E-state index in [2.05, 4.69) is 5.32 Å². The van der Waals surface area contributed by atoms with Crippen LogP contribution in [-0.4, -0.2) is 34.9 Å². The number of carbonyl (C=O) groups excluding carboxylic acids is 2. The minimum absolute atomic E-state index is 0.0299. The quantitative estimate of drug-likeness (QED) is 0.585. The Morgan fingerprint density at radius 2 is 2.14 bits per heavy atom. The summed E-state index contributed by atoms with van der Waals surface area (Å²) in [5.74, 6) is -1.58. The lowest BCUT2D eigenvalue weighted by Crippen LogP contribution is -2.48. The van der Waals surface area contributed by atoms with Crippen LogP contribution in [0.25, 0.3) is 0 Å². The summed E-state index contributed by atoms with van der Waals surface area (Å²) in [6.45, 7) is 0. The van der Waals surface area contributed by atoms with Gasteiger partial charge in [-0.2, -0.15) is 11.8 Å². The average Bonchev–Trinajstić information content (AvgIpc) is 2.42. The molecule has 1 atom stereocenters. The van der Waals surface area contributed by atoms with Crippen LogP contribution in [0.1, 0.15) is 16.8 Å². The Morgan fingerprint density at radius 3 is 2.62 bits per heavy atom. The lowest BCUT2D eigenvalue weighted by molar-refractivity contribution is -0.384. The van der Waals surface area contributed by atoms with Crippen LogP contribution in [0.3, 0.4) is 0 Å². The molecule has 1 aromatic carbocycles. The Hall–Kier alpha value is -1.80. The second-order valence-electron chi connectivity index (χ2n) is 4.05. The van der Waals surface area contributed by atoms with Crippen molar-refractivity contribution in [2.75, 3.05) is 12.0 Å². The van der Waals surface area contributed by atoms with Crippen LogP contribution < -0.4 is 10.4 Å². The smallest absolute Gasteiger partial charge is 0.270 e. The topological polar surface area (TPSA) is 112 Å². The van der Waals surface area contributed by atoms with Crippen molar-refractivity contribution < 1.29 is 19.6 Å². The minimum Gasteiger partial charge on any atom is -0.548 e. The van der Waals surface area contributed by atoms with Gasteiger partial charge in [0.1, 0.15) is 0 Å². The van der Waals surface area contributed by atoms with Crippen LogP contribution in [0, 0.1) is 10.1 Å². The molecule has 0 aliphatic carbocycles. The van der Waals surface area contributed by atoms with E-state index in [-0.39, 0.29) is 22.7 Å². The van der Waals surface area contributed by atoms with Gasteiger partial charge in [0.25, 0.3) is 11.6 Å². The van der Waals surface area contributed by atoms with Gasteiger partial charge in [0, 0.05) is 12.1 Å². The molecule has 1 N–H and O–H groups in total. The summed E-state index contributed by atoms with van der Waals surface area (Å²) in [7, 11) is 0. The van der Waals surface area contributed by atoms with Crippen molar-refractivity contribution >= 4 is 40.9 Å². The van der Waals surface area contributed by atoms with Crippen LogP contribution >= 0.6 is 23.4 Å². The van der Waals surface area contributed by atoms with Crippen LogP contribution in [0.2, 0.25) is 5.02 Å². The molecule has 1 rings (SSSR count). The minimum atomic E-state index is -1.39. The zero-order valence-electron chi connectivity index (χ0n) is 11.0. The normalized spacial score (nSPS) is 11.7. The molecule has 21 heavy (non-hydrogen) atoms. The van der Waals surface area contributed by atoms with E-state index >= 15 is 0 Å². The van der Waals surface area contributed by atoms with Crippen molar-refractivity contribution in [3.63, 3.8) is 0 Å². The van der Waals surface area contributed by atoms with E-state index in [1.54, 1.807) is 6.26 Å². The molecule has 0 aliphatic heterocycles. The lowest BCUT2D eigenvalue weighted by Gasteiger charge is -2.19. The highest BCUT2D eigenvalue weighted by Crippen LogP contribution is 2.22. The molecule has 1 amide bonds. The molecule has 0 aromatic heterocycles. The number of nitrogens with one attached hydrogen (secondary N) is 1. The number of carboxylic acids is 1. The van der Waals surface area contributed by atoms with Crippen molar-refractivity contribution in [2.24, 2.45) is 0 Å². The number of nitrogens with zero attached hydrogens (tertiary/aromatic N) is 1. The summed E-state index contributed by atoms with van der Waals surface area (Å²) in [5, 5.41) is 23.7. The summed E-state index contributed by atoms with van der Waals surface area (Å²) in [6, 6.07) is 2.19. The fourth-order valence-electron chi connectivity index (χ4n) is 1.52. The molecule has 0 spiro atoms. The molecule has 0 saturated heterocycles. The van der Waals surface area contributed by atoms with E-state index in [1.807, 2.05) is 0 Å². The fourth-order valence-corrected chi connectivity index (χ4v) is 2.25. The Bertz CT molecular complexity index is 567. The van der Waals surface area contributed by atoms with Gasteiger partial charge in [0.15, 0.2) is 0 Å². The first-order valence-electron chi connectivity index (χ1n) is 5.81. The molecular weight excluding hydrogens is 320 g/mol. The lowest BCUT2D eigenvalue weighted by atomic mass is 10.1. The highest BCUT2D eigenvalue weighted by atomic mass is 35.5. The Morgan fingerprint density at radius 1 is 1.48 bits per heavy atom. The number of hydrogen-bond donors (Lipinski definition) is 1. The third-order valence-electron chi connectivity index (χ3n) is 2.61. The SMILES string of the molecule is CSCC[C@H](NC(=O)c1ccc([N+](=O)[O-])cc1Cl)C(=O)[O-]. The summed E-state index contributed by atoms with van der Waals surface area (Å²) < 4.78 is 0. The van der Waals surface area contributed by atoms with Crippen LogP contribution in [0.4, 0.5) is 5.69 Å². The number of benzene rings is 1. The second-order valence-corrected chi connectivity index (χ2v) is 5.44. The molecule has 9 heteroatoms. The Kier molecular flexibility index (Phi) is 6.44. The van der Waals surface area contributed by atoms with Crippen molar-refractivity contribution in [1.82, 2.24) is 5.32 Å². The molecule has 0 fully saturated rings. The fraction of sp³-hybridized carbons (Fsp3) is 0.333. The maximum Gasteiger partial charge on any atom is 0.270 e. The maximum absolute atomic E-state index is 12.0. The number of aliphatic carboxylic acids is 1. The first-order valence-corrected chi connectivity index (χ1v) is 7.58. The third kappa shape index (κ3) is 4.91. The van der Waals surface area contributed by atoms with Crippen LogP contribution in [0.5, 0.6) is 0 Å².